The van der Waals surface area contributed by atoms with Crippen molar-refractivity contribution in [2.45, 2.75) is 12.8 Å². The zero-order chi connectivity index (χ0) is 14.1. The van der Waals surface area contributed by atoms with E-state index in [9.17, 15) is 19.5 Å². The first kappa shape index (κ1) is 14.6. The van der Waals surface area contributed by atoms with Crippen LogP contribution in [0.15, 0.2) is 36.4 Å². The van der Waals surface area contributed by atoms with Crippen molar-refractivity contribution in [3.8, 4) is 0 Å². The highest BCUT2D eigenvalue weighted by Crippen LogP contribution is 2.01. The van der Waals surface area contributed by atoms with Crippen molar-refractivity contribution < 1.29 is 24.2 Å². The van der Waals surface area contributed by atoms with Gasteiger partial charge in [0.1, 0.15) is 12.6 Å². The maximum atomic E-state index is 11.2. The minimum Gasteiger partial charge on any atom is -0.542 e. The molecule has 0 fully saturated rings. The molecule has 1 rings (SSSR count). The Morgan fingerprint density at radius 1 is 1.11 bits per heavy atom. The summed E-state index contributed by atoms with van der Waals surface area (Å²) in [6.07, 6.45) is 2.79. The van der Waals surface area contributed by atoms with Crippen LogP contribution >= 0.6 is 0 Å². The standard InChI is InChI=1S/C14H14O5/c15-12(14(17)18)8-9-13(16)19-10-4-7-11-5-2-1-3-6-11/h1-7H,8-10H2,(H,17,18)/p-1/b7-4+. The van der Waals surface area contributed by atoms with Crippen molar-refractivity contribution in [3.63, 3.8) is 0 Å². The summed E-state index contributed by atoms with van der Waals surface area (Å²) in [6, 6.07) is 9.47. The van der Waals surface area contributed by atoms with Gasteiger partial charge >= 0.3 is 5.97 Å². The largest absolute Gasteiger partial charge is 0.542 e. The third kappa shape index (κ3) is 6.16. The van der Waals surface area contributed by atoms with Gasteiger partial charge < -0.3 is 14.6 Å². The fourth-order valence-corrected chi connectivity index (χ4v) is 1.28. The molecule has 0 spiro atoms. The van der Waals surface area contributed by atoms with Crippen LogP contribution in [0.1, 0.15) is 18.4 Å². The number of Topliss-reactive ketones (excluding diaryl/α,β-unsaturated/α-hetero) is 1. The molecule has 0 aromatic heterocycles. The number of hydrogen-bond acceptors (Lipinski definition) is 5. The van der Waals surface area contributed by atoms with Crippen molar-refractivity contribution in [2.75, 3.05) is 6.61 Å². The quantitative estimate of drug-likeness (QED) is 0.522. The SMILES string of the molecule is O=C(CCC(=O)C(=O)[O-])OC/C=C/c1ccccc1. The number of carboxylic acid groups (broad SMARTS) is 1. The van der Waals surface area contributed by atoms with E-state index in [-0.39, 0.29) is 13.0 Å². The summed E-state index contributed by atoms with van der Waals surface area (Å²) >= 11 is 0. The molecule has 0 unspecified atom stereocenters. The van der Waals surface area contributed by atoms with Gasteiger partial charge in [0.25, 0.3) is 0 Å². The molecular formula is C14H13O5-. The molecule has 0 heterocycles. The van der Waals surface area contributed by atoms with Gasteiger partial charge in [0.15, 0.2) is 5.78 Å². The fourth-order valence-electron chi connectivity index (χ4n) is 1.28. The Kier molecular flexibility index (Phi) is 6.02. The maximum absolute atomic E-state index is 11.2. The molecule has 0 saturated heterocycles. The van der Waals surface area contributed by atoms with Gasteiger partial charge in [-0.3, -0.25) is 9.59 Å². The van der Waals surface area contributed by atoms with Crippen LogP contribution in [0.2, 0.25) is 0 Å². The van der Waals surface area contributed by atoms with Crippen molar-refractivity contribution in [2.24, 2.45) is 0 Å². The number of ether oxygens (including phenoxy) is 1. The third-order valence-electron chi connectivity index (χ3n) is 2.23. The first-order chi connectivity index (χ1) is 9.09. The van der Waals surface area contributed by atoms with E-state index in [1.54, 1.807) is 12.2 Å². The Hall–Kier alpha value is -2.43. The number of rotatable bonds is 7. The second kappa shape index (κ2) is 7.81. The first-order valence-electron chi connectivity index (χ1n) is 5.71. The molecule has 0 radical (unpaired) electrons. The van der Waals surface area contributed by atoms with Crippen molar-refractivity contribution in [1.29, 1.82) is 0 Å². The number of aliphatic carboxylic acids is 1. The molecule has 1 aromatic carbocycles. The lowest BCUT2D eigenvalue weighted by atomic mass is 10.2. The van der Waals surface area contributed by atoms with E-state index in [1.807, 2.05) is 30.3 Å². The summed E-state index contributed by atoms with van der Waals surface area (Å²) < 4.78 is 4.80. The Morgan fingerprint density at radius 2 is 1.79 bits per heavy atom. The highest BCUT2D eigenvalue weighted by molar-refractivity contribution is 6.31. The van der Waals surface area contributed by atoms with Gasteiger partial charge in [0.05, 0.1) is 6.42 Å². The van der Waals surface area contributed by atoms with Crippen molar-refractivity contribution >= 4 is 23.8 Å². The van der Waals surface area contributed by atoms with Gasteiger partial charge in [-0.25, -0.2) is 0 Å². The van der Waals surface area contributed by atoms with E-state index in [1.165, 1.54) is 0 Å². The lowest BCUT2D eigenvalue weighted by Crippen LogP contribution is -2.31. The average Bonchev–Trinajstić information content (AvgIpc) is 2.42. The van der Waals surface area contributed by atoms with E-state index in [4.69, 9.17) is 4.74 Å². The lowest BCUT2D eigenvalue weighted by Gasteiger charge is -2.02. The van der Waals surface area contributed by atoms with E-state index in [2.05, 4.69) is 0 Å². The van der Waals surface area contributed by atoms with Crippen LogP contribution in [0.5, 0.6) is 0 Å². The Bertz CT molecular complexity index is 476. The molecule has 0 aliphatic rings. The molecule has 0 amide bonds. The van der Waals surface area contributed by atoms with Crippen LogP contribution in [0, 0.1) is 0 Å². The number of hydrogen-bond donors (Lipinski definition) is 0. The number of carboxylic acids is 1. The maximum Gasteiger partial charge on any atom is 0.306 e. The summed E-state index contributed by atoms with van der Waals surface area (Å²) in [5.74, 6) is -3.50. The molecule has 5 heteroatoms. The Morgan fingerprint density at radius 3 is 2.42 bits per heavy atom. The highest BCUT2D eigenvalue weighted by Gasteiger charge is 2.07. The summed E-state index contributed by atoms with van der Waals surface area (Å²) in [5, 5.41) is 10.1. The minimum absolute atomic E-state index is 0.0766. The Balaban J connectivity index is 2.22. The van der Waals surface area contributed by atoms with Crippen LogP contribution < -0.4 is 5.11 Å². The summed E-state index contributed by atoms with van der Waals surface area (Å²) in [6.45, 7) is 0.0766. The topological polar surface area (TPSA) is 83.5 Å². The minimum atomic E-state index is -1.78. The molecule has 1 aromatic rings. The molecule has 0 aliphatic carbocycles. The van der Waals surface area contributed by atoms with Gasteiger partial charge in [0, 0.05) is 6.42 Å². The second-order valence-electron chi connectivity index (χ2n) is 3.71. The highest BCUT2D eigenvalue weighted by atomic mass is 16.5. The Labute approximate surface area is 110 Å². The predicted molar refractivity (Wildman–Crippen MR) is 65.7 cm³/mol. The van der Waals surface area contributed by atoms with E-state index in [0.717, 1.165) is 5.56 Å². The summed E-state index contributed by atoms with van der Waals surface area (Å²) in [7, 11) is 0. The van der Waals surface area contributed by atoms with Crippen molar-refractivity contribution in [1.82, 2.24) is 0 Å². The average molecular weight is 261 g/mol. The summed E-state index contributed by atoms with van der Waals surface area (Å²) in [5.41, 5.74) is 0.977. The predicted octanol–water partition coefficient (Wildman–Crippen LogP) is 0.342. The third-order valence-corrected chi connectivity index (χ3v) is 2.23. The van der Waals surface area contributed by atoms with E-state index >= 15 is 0 Å². The van der Waals surface area contributed by atoms with Crippen LogP contribution in [0.25, 0.3) is 6.08 Å². The normalized spacial score (nSPS) is 10.3. The molecule has 100 valence electrons. The molecule has 0 bridgehead atoms. The molecular weight excluding hydrogens is 248 g/mol. The molecule has 19 heavy (non-hydrogen) atoms. The first-order valence-corrected chi connectivity index (χ1v) is 5.71. The second-order valence-corrected chi connectivity index (χ2v) is 3.71. The van der Waals surface area contributed by atoms with E-state index < -0.39 is 24.1 Å². The number of esters is 1. The van der Waals surface area contributed by atoms with E-state index in [0.29, 0.717) is 0 Å². The fraction of sp³-hybridized carbons (Fsp3) is 0.214. The lowest BCUT2D eigenvalue weighted by molar-refractivity contribution is -0.300. The molecule has 0 saturated carbocycles. The van der Waals surface area contributed by atoms with Crippen LogP contribution in [0.4, 0.5) is 0 Å². The summed E-state index contributed by atoms with van der Waals surface area (Å²) in [4.78, 5) is 31.9. The van der Waals surface area contributed by atoms with Gasteiger partial charge in [-0.15, -0.1) is 0 Å². The molecule has 0 aliphatic heterocycles. The molecule has 5 nitrogen and oxygen atoms in total. The van der Waals surface area contributed by atoms with Gasteiger partial charge in [-0.2, -0.15) is 0 Å². The number of benzene rings is 1. The zero-order valence-electron chi connectivity index (χ0n) is 10.2. The molecule has 0 atom stereocenters. The monoisotopic (exact) mass is 261 g/mol. The van der Waals surface area contributed by atoms with Gasteiger partial charge in [-0.1, -0.05) is 36.4 Å². The smallest absolute Gasteiger partial charge is 0.306 e. The number of carbonyl (C=O) groups is 3. The van der Waals surface area contributed by atoms with Crippen LogP contribution in [-0.2, 0) is 19.1 Å². The zero-order valence-corrected chi connectivity index (χ0v) is 10.2. The molecule has 0 N–H and O–H groups in total. The van der Waals surface area contributed by atoms with Gasteiger partial charge in [0.2, 0.25) is 0 Å². The van der Waals surface area contributed by atoms with Crippen LogP contribution in [-0.4, -0.2) is 24.3 Å². The van der Waals surface area contributed by atoms with Gasteiger partial charge in [-0.05, 0) is 11.6 Å². The number of ketones is 1. The van der Waals surface area contributed by atoms with Crippen LogP contribution in [0.3, 0.4) is 0 Å². The van der Waals surface area contributed by atoms with Crippen molar-refractivity contribution in [3.05, 3.63) is 42.0 Å². The number of carbonyl (C=O) groups excluding carboxylic acids is 3.